The fraction of sp³-hybridized carbons (Fsp3) is 0.133. The number of carbonyl (C=O) groups excluding carboxylic acids is 2. The van der Waals surface area contributed by atoms with E-state index in [1.54, 1.807) is 37.3 Å². The number of hydrogen-bond donors (Lipinski definition) is 0. The van der Waals surface area contributed by atoms with Crippen molar-refractivity contribution in [2.45, 2.75) is 25.6 Å². The molecule has 0 saturated heterocycles. The lowest BCUT2D eigenvalue weighted by atomic mass is 9.98. The van der Waals surface area contributed by atoms with Crippen molar-refractivity contribution in [3.8, 4) is 0 Å². The Bertz CT molecular complexity index is 1360. The number of esters is 1. The van der Waals surface area contributed by atoms with Crippen LogP contribution < -0.4 is 0 Å². The molecule has 1 unspecified atom stereocenters. The van der Waals surface area contributed by atoms with Crippen LogP contribution in [0.5, 0.6) is 0 Å². The maximum absolute atomic E-state index is 14.1. The highest BCUT2D eigenvalue weighted by Gasteiger charge is 2.39. The standard InChI is InChI=1S/C30H26N2O5/c1-22(24-15-7-3-8-16-24)31(29(33)26-19-11-12-20-27(26)32(35)36)28(25-17-9-4-10-18-25)30(34)37-21-23-13-5-2-6-14-23/h2-20,22,28H,21H2,1H3/t22-,28?/m1/s1. The molecule has 0 heterocycles. The molecule has 0 aromatic heterocycles. The lowest BCUT2D eigenvalue weighted by Gasteiger charge is -2.36. The Morgan fingerprint density at radius 2 is 1.30 bits per heavy atom. The maximum atomic E-state index is 14.1. The number of nitrogens with zero attached hydrogens (tertiary/aromatic N) is 2. The van der Waals surface area contributed by atoms with E-state index in [1.807, 2.05) is 66.7 Å². The van der Waals surface area contributed by atoms with Gasteiger partial charge in [-0.2, -0.15) is 0 Å². The van der Waals surface area contributed by atoms with Gasteiger partial charge < -0.3 is 9.64 Å². The van der Waals surface area contributed by atoms with Crippen molar-refractivity contribution in [2.75, 3.05) is 0 Å². The van der Waals surface area contributed by atoms with Crippen LogP contribution in [0.3, 0.4) is 0 Å². The average molecular weight is 495 g/mol. The summed E-state index contributed by atoms with van der Waals surface area (Å²) in [5, 5.41) is 11.8. The van der Waals surface area contributed by atoms with E-state index in [0.717, 1.165) is 11.1 Å². The first kappa shape index (κ1) is 25.3. The van der Waals surface area contributed by atoms with E-state index in [1.165, 1.54) is 23.1 Å². The zero-order valence-corrected chi connectivity index (χ0v) is 20.3. The summed E-state index contributed by atoms with van der Waals surface area (Å²) in [5.74, 6) is -1.28. The Balaban J connectivity index is 1.81. The van der Waals surface area contributed by atoms with E-state index >= 15 is 0 Å². The van der Waals surface area contributed by atoms with Gasteiger partial charge in [-0.05, 0) is 29.7 Å². The van der Waals surface area contributed by atoms with Gasteiger partial charge in [-0.15, -0.1) is 0 Å². The van der Waals surface area contributed by atoms with Crippen LogP contribution >= 0.6 is 0 Å². The molecule has 4 aromatic rings. The molecule has 0 bridgehead atoms. The minimum atomic E-state index is -1.15. The third kappa shape index (κ3) is 5.90. The fourth-order valence-electron chi connectivity index (χ4n) is 4.21. The van der Waals surface area contributed by atoms with Gasteiger partial charge in [0, 0.05) is 6.07 Å². The summed E-state index contributed by atoms with van der Waals surface area (Å²) in [6, 6.07) is 31.3. The third-order valence-electron chi connectivity index (χ3n) is 6.11. The number of para-hydroxylation sites is 1. The Hall–Kier alpha value is -4.78. The van der Waals surface area contributed by atoms with Gasteiger partial charge in [0.15, 0.2) is 6.04 Å². The van der Waals surface area contributed by atoms with Gasteiger partial charge in [-0.3, -0.25) is 14.9 Å². The molecule has 0 N–H and O–H groups in total. The molecule has 0 fully saturated rings. The van der Waals surface area contributed by atoms with Crippen LogP contribution in [0.1, 0.15) is 46.1 Å². The molecule has 2 atom stereocenters. The highest BCUT2D eigenvalue weighted by molar-refractivity contribution is 6.00. The van der Waals surface area contributed by atoms with Crippen molar-refractivity contribution in [3.63, 3.8) is 0 Å². The Kier molecular flexibility index (Phi) is 8.05. The molecular formula is C30H26N2O5. The van der Waals surface area contributed by atoms with E-state index in [2.05, 4.69) is 0 Å². The molecule has 0 aliphatic carbocycles. The zero-order valence-electron chi connectivity index (χ0n) is 20.3. The van der Waals surface area contributed by atoms with Crippen molar-refractivity contribution in [1.82, 2.24) is 4.90 Å². The van der Waals surface area contributed by atoms with Crippen LogP contribution in [0.2, 0.25) is 0 Å². The summed E-state index contributed by atoms with van der Waals surface area (Å²) in [7, 11) is 0. The van der Waals surface area contributed by atoms with Crippen molar-refractivity contribution in [3.05, 3.63) is 148 Å². The number of nitro benzene ring substituents is 1. The van der Waals surface area contributed by atoms with Gasteiger partial charge in [-0.25, -0.2) is 4.79 Å². The smallest absolute Gasteiger partial charge is 0.333 e. The van der Waals surface area contributed by atoms with Gasteiger partial charge in [0.25, 0.3) is 11.6 Å². The second-order valence-electron chi connectivity index (χ2n) is 8.48. The third-order valence-corrected chi connectivity index (χ3v) is 6.11. The molecule has 0 saturated carbocycles. The molecule has 0 aliphatic rings. The number of ether oxygens (including phenoxy) is 1. The van der Waals surface area contributed by atoms with Gasteiger partial charge in [0.05, 0.1) is 11.0 Å². The van der Waals surface area contributed by atoms with Gasteiger partial charge >= 0.3 is 5.97 Å². The van der Waals surface area contributed by atoms with Crippen LogP contribution in [0, 0.1) is 10.1 Å². The summed E-state index contributed by atoms with van der Waals surface area (Å²) in [4.78, 5) is 40.3. The van der Waals surface area contributed by atoms with E-state index in [-0.39, 0.29) is 17.9 Å². The predicted molar refractivity (Wildman–Crippen MR) is 140 cm³/mol. The van der Waals surface area contributed by atoms with E-state index < -0.39 is 28.9 Å². The maximum Gasteiger partial charge on any atom is 0.333 e. The Morgan fingerprint density at radius 3 is 1.89 bits per heavy atom. The van der Waals surface area contributed by atoms with E-state index in [9.17, 15) is 19.7 Å². The van der Waals surface area contributed by atoms with Crippen LogP contribution in [-0.4, -0.2) is 21.7 Å². The summed E-state index contributed by atoms with van der Waals surface area (Å²) >= 11 is 0. The largest absolute Gasteiger partial charge is 0.459 e. The second-order valence-corrected chi connectivity index (χ2v) is 8.48. The number of rotatable bonds is 9. The summed E-state index contributed by atoms with van der Waals surface area (Å²) in [5.41, 5.74) is 1.67. The molecule has 7 nitrogen and oxygen atoms in total. The minimum absolute atomic E-state index is 0.0240. The molecule has 0 aliphatic heterocycles. The summed E-state index contributed by atoms with van der Waals surface area (Å²) < 4.78 is 5.71. The predicted octanol–water partition coefficient (Wildman–Crippen LogP) is 6.28. The fourth-order valence-corrected chi connectivity index (χ4v) is 4.21. The van der Waals surface area contributed by atoms with Crippen molar-refractivity contribution >= 4 is 17.6 Å². The number of carbonyl (C=O) groups is 2. The average Bonchev–Trinajstić information content (AvgIpc) is 2.95. The number of hydrogen-bond acceptors (Lipinski definition) is 5. The van der Waals surface area contributed by atoms with Crippen LogP contribution in [-0.2, 0) is 16.1 Å². The molecule has 4 aromatic carbocycles. The van der Waals surface area contributed by atoms with Crippen LogP contribution in [0.25, 0.3) is 0 Å². The van der Waals surface area contributed by atoms with Crippen LogP contribution in [0.15, 0.2) is 115 Å². The second kappa shape index (κ2) is 11.8. The first-order valence-corrected chi connectivity index (χ1v) is 11.8. The first-order chi connectivity index (χ1) is 18.0. The lowest BCUT2D eigenvalue weighted by molar-refractivity contribution is -0.385. The van der Waals surface area contributed by atoms with Crippen molar-refractivity contribution < 1.29 is 19.2 Å². The molecular weight excluding hydrogens is 468 g/mol. The SMILES string of the molecule is C[C@H](c1ccccc1)N(C(=O)c1ccccc1[N+](=O)[O-])C(C(=O)OCc1ccccc1)c1ccccc1. The molecule has 1 amide bonds. The summed E-state index contributed by atoms with van der Waals surface area (Å²) in [6.45, 7) is 1.82. The van der Waals surface area contributed by atoms with Gasteiger partial charge in [0.2, 0.25) is 0 Å². The molecule has 4 rings (SSSR count). The van der Waals surface area contributed by atoms with Gasteiger partial charge in [0.1, 0.15) is 12.2 Å². The van der Waals surface area contributed by atoms with E-state index in [4.69, 9.17) is 4.74 Å². The van der Waals surface area contributed by atoms with Crippen molar-refractivity contribution in [1.29, 1.82) is 0 Å². The topological polar surface area (TPSA) is 89.8 Å². The molecule has 7 heteroatoms. The summed E-state index contributed by atoms with van der Waals surface area (Å²) in [6.07, 6.45) is 0. The Labute approximate surface area is 215 Å². The Morgan fingerprint density at radius 1 is 0.784 bits per heavy atom. The monoisotopic (exact) mass is 494 g/mol. The highest BCUT2D eigenvalue weighted by Crippen LogP contribution is 2.35. The van der Waals surface area contributed by atoms with Crippen molar-refractivity contribution in [2.24, 2.45) is 0 Å². The number of amides is 1. The molecule has 0 radical (unpaired) electrons. The van der Waals surface area contributed by atoms with E-state index in [0.29, 0.717) is 5.56 Å². The number of nitro groups is 1. The normalized spacial score (nSPS) is 12.2. The van der Waals surface area contributed by atoms with Gasteiger partial charge in [-0.1, -0.05) is 103 Å². The quantitative estimate of drug-likeness (QED) is 0.155. The lowest BCUT2D eigenvalue weighted by Crippen LogP contribution is -2.41. The molecule has 186 valence electrons. The van der Waals surface area contributed by atoms with Crippen LogP contribution in [0.4, 0.5) is 5.69 Å². The molecule has 37 heavy (non-hydrogen) atoms. The highest BCUT2D eigenvalue weighted by atomic mass is 16.6. The first-order valence-electron chi connectivity index (χ1n) is 11.8. The molecule has 0 spiro atoms. The number of benzene rings is 4. The minimum Gasteiger partial charge on any atom is -0.459 e. The zero-order chi connectivity index (χ0) is 26.2.